The Balaban J connectivity index is 1.69. The van der Waals surface area contributed by atoms with Gasteiger partial charge in [-0.15, -0.1) is 11.3 Å². The van der Waals surface area contributed by atoms with Gasteiger partial charge in [-0.2, -0.15) is 0 Å². The number of carboxylic acid groups (broad SMARTS) is 1. The van der Waals surface area contributed by atoms with Crippen molar-refractivity contribution in [3.63, 3.8) is 0 Å². The van der Waals surface area contributed by atoms with Crippen LogP contribution in [0.2, 0.25) is 0 Å². The molecule has 1 N–H and O–H groups in total. The van der Waals surface area contributed by atoms with Crippen LogP contribution in [0, 0.1) is 0 Å². The largest absolute Gasteiger partial charge is 0.480 e. The summed E-state index contributed by atoms with van der Waals surface area (Å²) in [6.45, 7) is 0.398. The summed E-state index contributed by atoms with van der Waals surface area (Å²) in [5.41, 5.74) is -0.311. The van der Waals surface area contributed by atoms with Crippen molar-refractivity contribution in [1.29, 1.82) is 0 Å². The van der Waals surface area contributed by atoms with Crippen LogP contribution in [0.5, 0.6) is 0 Å². The van der Waals surface area contributed by atoms with Crippen LogP contribution in [-0.2, 0) is 25.5 Å². The Hall–Kier alpha value is -1.44. The number of carbonyl (C=O) groups is 2. The number of aliphatic carboxylic acids is 1. The highest BCUT2D eigenvalue weighted by molar-refractivity contribution is 7.10. The van der Waals surface area contributed by atoms with Crippen molar-refractivity contribution in [1.82, 2.24) is 4.90 Å². The Labute approximate surface area is 145 Å². The number of likely N-dealkylation sites (tertiary alicyclic amines) is 1. The van der Waals surface area contributed by atoms with Crippen molar-refractivity contribution in [3.8, 4) is 0 Å². The van der Waals surface area contributed by atoms with Gasteiger partial charge >= 0.3 is 5.97 Å². The average molecular weight is 353 g/mol. The lowest BCUT2D eigenvalue weighted by molar-refractivity contribution is -0.151. The summed E-state index contributed by atoms with van der Waals surface area (Å²) >= 11 is 1.59. The van der Waals surface area contributed by atoms with E-state index >= 15 is 0 Å². The van der Waals surface area contributed by atoms with Gasteiger partial charge in [0.25, 0.3) is 0 Å². The van der Waals surface area contributed by atoms with Crippen molar-refractivity contribution in [2.75, 3.05) is 20.3 Å². The van der Waals surface area contributed by atoms with E-state index in [4.69, 9.17) is 14.6 Å². The molecule has 6 nitrogen and oxygen atoms in total. The molecule has 0 unspecified atom stereocenters. The fraction of sp³-hybridized carbons (Fsp3) is 0.647. The highest BCUT2D eigenvalue weighted by Gasteiger charge is 2.52. The summed E-state index contributed by atoms with van der Waals surface area (Å²) in [7, 11) is 1.71. The summed E-state index contributed by atoms with van der Waals surface area (Å²) in [4.78, 5) is 26.4. The molecule has 7 heteroatoms. The summed E-state index contributed by atoms with van der Waals surface area (Å²) in [6.07, 6.45) is 3.30. The van der Waals surface area contributed by atoms with E-state index in [1.165, 1.54) is 0 Å². The molecule has 0 radical (unpaired) electrons. The monoisotopic (exact) mass is 353 g/mol. The first-order valence-electron chi connectivity index (χ1n) is 8.24. The predicted molar refractivity (Wildman–Crippen MR) is 89.1 cm³/mol. The minimum absolute atomic E-state index is 0.0393. The molecule has 1 aromatic rings. The first kappa shape index (κ1) is 17.4. The van der Waals surface area contributed by atoms with Gasteiger partial charge in [-0.1, -0.05) is 6.07 Å². The fourth-order valence-electron chi connectivity index (χ4n) is 3.96. The van der Waals surface area contributed by atoms with Gasteiger partial charge in [0.05, 0.1) is 24.2 Å². The lowest BCUT2D eigenvalue weighted by Gasteiger charge is -2.43. The van der Waals surface area contributed by atoms with Crippen LogP contribution < -0.4 is 0 Å². The third-order valence-electron chi connectivity index (χ3n) is 5.21. The molecular formula is C17H23NO5S. The van der Waals surface area contributed by atoms with E-state index in [9.17, 15) is 9.59 Å². The molecule has 2 fully saturated rings. The number of methoxy groups -OCH3 is 1. The molecule has 1 amide bonds. The zero-order chi connectivity index (χ0) is 17.2. The van der Waals surface area contributed by atoms with Crippen LogP contribution in [0.15, 0.2) is 17.5 Å². The summed E-state index contributed by atoms with van der Waals surface area (Å²) < 4.78 is 11.3. The van der Waals surface area contributed by atoms with Crippen molar-refractivity contribution >= 4 is 23.2 Å². The van der Waals surface area contributed by atoms with Crippen molar-refractivity contribution < 1.29 is 24.2 Å². The second-order valence-corrected chi connectivity index (χ2v) is 7.51. The van der Waals surface area contributed by atoms with Crippen LogP contribution in [0.3, 0.4) is 0 Å². The lowest BCUT2D eigenvalue weighted by Crippen LogP contribution is -2.53. The van der Waals surface area contributed by atoms with E-state index in [-0.39, 0.29) is 30.3 Å². The maximum absolute atomic E-state index is 12.7. The zero-order valence-corrected chi connectivity index (χ0v) is 14.6. The SMILES string of the molecule is CO[C@@]12CC[C@@H](OCC(=O)O)C[C@@H]1N(C(=O)Cc1cccs1)CC2. The molecule has 1 saturated heterocycles. The summed E-state index contributed by atoms with van der Waals surface area (Å²) in [5, 5.41) is 10.8. The molecule has 0 bridgehead atoms. The van der Waals surface area contributed by atoms with E-state index in [0.29, 0.717) is 19.4 Å². The molecule has 1 aliphatic carbocycles. The summed E-state index contributed by atoms with van der Waals surface area (Å²) in [5.74, 6) is -0.851. The molecular weight excluding hydrogens is 330 g/mol. The van der Waals surface area contributed by atoms with Crippen LogP contribution in [-0.4, -0.2) is 59.9 Å². The van der Waals surface area contributed by atoms with Gasteiger partial charge in [0, 0.05) is 18.5 Å². The maximum atomic E-state index is 12.7. The van der Waals surface area contributed by atoms with Crippen LogP contribution in [0.25, 0.3) is 0 Å². The van der Waals surface area contributed by atoms with Gasteiger partial charge in [-0.25, -0.2) is 4.79 Å². The summed E-state index contributed by atoms with van der Waals surface area (Å²) in [6, 6.07) is 3.89. The fourth-order valence-corrected chi connectivity index (χ4v) is 4.66. The van der Waals surface area contributed by atoms with Crippen LogP contribution in [0.4, 0.5) is 0 Å². The van der Waals surface area contributed by atoms with E-state index in [1.807, 2.05) is 22.4 Å². The number of carbonyl (C=O) groups excluding carboxylic acids is 1. The molecule has 0 aromatic carbocycles. The lowest BCUT2D eigenvalue weighted by atomic mass is 9.79. The van der Waals surface area contributed by atoms with Crippen LogP contribution in [0.1, 0.15) is 30.6 Å². The molecule has 2 aliphatic rings. The highest BCUT2D eigenvalue weighted by Crippen LogP contribution is 2.43. The third kappa shape index (κ3) is 3.48. The third-order valence-corrected chi connectivity index (χ3v) is 6.09. The number of amides is 1. The number of carboxylic acids is 1. The predicted octanol–water partition coefficient (Wildman–Crippen LogP) is 1.93. The number of fused-ring (bicyclic) bond motifs is 1. The number of hydrogen-bond donors (Lipinski definition) is 1. The van der Waals surface area contributed by atoms with Crippen molar-refractivity contribution in [3.05, 3.63) is 22.4 Å². The zero-order valence-electron chi connectivity index (χ0n) is 13.8. The number of hydrogen-bond acceptors (Lipinski definition) is 5. The van der Waals surface area contributed by atoms with Gasteiger partial charge in [-0.3, -0.25) is 4.79 Å². The van der Waals surface area contributed by atoms with Crippen LogP contribution >= 0.6 is 11.3 Å². The van der Waals surface area contributed by atoms with Gasteiger partial charge < -0.3 is 19.5 Å². The Morgan fingerprint density at radius 2 is 2.29 bits per heavy atom. The normalized spacial score (nSPS) is 29.5. The molecule has 132 valence electrons. The van der Waals surface area contributed by atoms with E-state index in [0.717, 1.165) is 24.1 Å². The van der Waals surface area contributed by atoms with Gasteiger partial charge in [-0.05, 0) is 37.1 Å². The molecule has 1 saturated carbocycles. The van der Waals surface area contributed by atoms with Crippen molar-refractivity contribution in [2.24, 2.45) is 0 Å². The molecule has 1 aromatic heterocycles. The molecule has 0 spiro atoms. The molecule has 1 aliphatic heterocycles. The first-order valence-corrected chi connectivity index (χ1v) is 9.12. The smallest absolute Gasteiger partial charge is 0.329 e. The molecule has 3 rings (SSSR count). The number of nitrogens with zero attached hydrogens (tertiary/aromatic N) is 1. The van der Waals surface area contributed by atoms with E-state index < -0.39 is 5.97 Å². The minimum atomic E-state index is -0.962. The standard InChI is InChI=1S/C17H23NO5S/c1-22-17-5-4-12(23-11-16(20)21)9-14(17)18(7-6-17)15(19)10-13-3-2-8-24-13/h2-3,8,12,14H,4-7,9-11H2,1H3,(H,20,21)/t12-,14+,17-/m1/s1. The molecule has 2 heterocycles. The first-order chi connectivity index (χ1) is 11.5. The second-order valence-electron chi connectivity index (χ2n) is 6.48. The number of rotatable bonds is 6. The number of thiophene rings is 1. The quantitative estimate of drug-likeness (QED) is 0.846. The number of ether oxygens (including phenoxy) is 2. The van der Waals surface area contributed by atoms with Gasteiger partial charge in [0.15, 0.2) is 0 Å². The van der Waals surface area contributed by atoms with Gasteiger partial charge in [0.1, 0.15) is 6.61 Å². The Kier molecular flexibility index (Phi) is 5.22. The van der Waals surface area contributed by atoms with E-state index in [1.54, 1.807) is 18.4 Å². The highest BCUT2D eigenvalue weighted by atomic mass is 32.1. The Bertz CT molecular complexity index is 590. The molecule has 3 atom stereocenters. The van der Waals surface area contributed by atoms with Gasteiger partial charge in [0.2, 0.25) is 5.91 Å². The molecule has 24 heavy (non-hydrogen) atoms. The maximum Gasteiger partial charge on any atom is 0.329 e. The minimum Gasteiger partial charge on any atom is -0.480 e. The Morgan fingerprint density at radius 3 is 2.96 bits per heavy atom. The van der Waals surface area contributed by atoms with Crippen molar-refractivity contribution in [2.45, 2.75) is 49.9 Å². The Morgan fingerprint density at radius 1 is 1.46 bits per heavy atom. The topological polar surface area (TPSA) is 76.1 Å². The average Bonchev–Trinajstić information content (AvgIpc) is 3.20. The second kappa shape index (κ2) is 7.21. The van der Waals surface area contributed by atoms with E-state index in [2.05, 4.69) is 0 Å².